The fourth-order valence-electron chi connectivity index (χ4n) is 2.52. The van der Waals surface area contributed by atoms with Crippen molar-refractivity contribution in [3.8, 4) is 17.3 Å². The third-order valence-corrected chi connectivity index (χ3v) is 4.95. The van der Waals surface area contributed by atoms with Crippen LogP contribution in [0.4, 0.5) is 5.69 Å². The number of benzene rings is 1. The number of carbonyl (C=O) groups excluding carboxylic acids is 1. The Hall–Kier alpha value is -2.74. The summed E-state index contributed by atoms with van der Waals surface area (Å²) >= 11 is 1.32. The number of carbonyl (C=O) groups is 1. The van der Waals surface area contributed by atoms with Gasteiger partial charge in [-0.3, -0.25) is 4.79 Å². The summed E-state index contributed by atoms with van der Waals surface area (Å²) in [6, 6.07) is 7.44. The van der Waals surface area contributed by atoms with Crippen LogP contribution in [0.1, 0.15) is 11.1 Å². The second kappa shape index (κ2) is 7.65. The van der Waals surface area contributed by atoms with Crippen molar-refractivity contribution >= 4 is 23.4 Å². The lowest BCUT2D eigenvalue weighted by atomic mass is 10.1. The van der Waals surface area contributed by atoms with Gasteiger partial charge in [0.2, 0.25) is 5.91 Å². The zero-order valence-electron chi connectivity index (χ0n) is 15.1. The average Bonchev–Trinajstić information content (AvgIpc) is 3.25. The summed E-state index contributed by atoms with van der Waals surface area (Å²) in [4.78, 5) is 12.3. The zero-order valence-corrected chi connectivity index (χ0v) is 15.9. The normalized spacial score (nSPS) is 10.8. The van der Waals surface area contributed by atoms with E-state index in [-0.39, 0.29) is 11.7 Å². The van der Waals surface area contributed by atoms with Gasteiger partial charge < -0.3 is 19.0 Å². The van der Waals surface area contributed by atoms with Gasteiger partial charge in [0.15, 0.2) is 16.7 Å². The van der Waals surface area contributed by atoms with Gasteiger partial charge in [-0.05, 0) is 49.2 Å². The molecular formula is C18H20N4O3S. The number of hydrogen-bond donors (Lipinski definition) is 1. The molecule has 3 aromatic rings. The van der Waals surface area contributed by atoms with E-state index < -0.39 is 0 Å². The van der Waals surface area contributed by atoms with Gasteiger partial charge in [0.05, 0.1) is 19.1 Å². The molecule has 0 atom stereocenters. The molecule has 1 aromatic carbocycles. The van der Waals surface area contributed by atoms with Crippen molar-refractivity contribution in [3.63, 3.8) is 0 Å². The highest BCUT2D eigenvalue weighted by molar-refractivity contribution is 7.99. The SMILES string of the molecule is COc1cc(C)c(NC(=O)CSc2nnc(-c3ccco3)n2C)cc1C. The molecule has 0 aliphatic heterocycles. The fourth-order valence-corrected chi connectivity index (χ4v) is 3.23. The fraction of sp³-hybridized carbons (Fsp3) is 0.278. The van der Waals surface area contributed by atoms with Crippen LogP contribution in [0.15, 0.2) is 40.1 Å². The molecule has 0 bridgehead atoms. The minimum atomic E-state index is -0.106. The van der Waals surface area contributed by atoms with Crippen molar-refractivity contribution in [1.29, 1.82) is 0 Å². The van der Waals surface area contributed by atoms with E-state index in [1.54, 1.807) is 24.0 Å². The molecule has 1 N–H and O–H groups in total. The number of nitrogens with one attached hydrogen (secondary N) is 1. The first-order valence-electron chi connectivity index (χ1n) is 8.00. The smallest absolute Gasteiger partial charge is 0.234 e. The van der Waals surface area contributed by atoms with E-state index in [0.29, 0.717) is 16.7 Å². The molecule has 2 aromatic heterocycles. The van der Waals surface area contributed by atoms with Gasteiger partial charge in [-0.15, -0.1) is 10.2 Å². The maximum atomic E-state index is 12.3. The highest BCUT2D eigenvalue weighted by Crippen LogP contribution is 2.27. The number of aromatic nitrogens is 3. The Morgan fingerprint density at radius 1 is 1.31 bits per heavy atom. The number of amides is 1. The Morgan fingerprint density at radius 2 is 2.12 bits per heavy atom. The quantitative estimate of drug-likeness (QED) is 0.668. The molecule has 8 heteroatoms. The molecule has 0 fully saturated rings. The lowest BCUT2D eigenvalue weighted by molar-refractivity contribution is -0.113. The molecule has 3 rings (SSSR count). The Kier molecular flexibility index (Phi) is 5.32. The number of methoxy groups -OCH3 is 1. The van der Waals surface area contributed by atoms with E-state index in [4.69, 9.17) is 9.15 Å². The molecule has 2 heterocycles. The largest absolute Gasteiger partial charge is 0.496 e. The van der Waals surface area contributed by atoms with Crippen molar-refractivity contribution in [2.75, 3.05) is 18.2 Å². The molecule has 0 saturated heterocycles. The van der Waals surface area contributed by atoms with Crippen LogP contribution in [-0.4, -0.2) is 33.5 Å². The highest BCUT2D eigenvalue weighted by atomic mass is 32.2. The molecule has 26 heavy (non-hydrogen) atoms. The van der Waals surface area contributed by atoms with Crippen molar-refractivity contribution in [1.82, 2.24) is 14.8 Å². The summed E-state index contributed by atoms with van der Waals surface area (Å²) in [6.07, 6.45) is 1.59. The van der Waals surface area contributed by atoms with E-state index >= 15 is 0 Å². The van der Waals surface area contributed by atoms with Gasteiger partial charge in [0, 0.05) is 12.7 Å². The van der Waals surface area contributed by atoms with Crippen molar-refractivity contribution in [3.05, 3.63) is 41.7 Å². The number of furan rings is 1. The maximum absolute atomic E-state index is 12.3. The third-order valence-electron chi connectivity index (χ3n) is 3.92. The number of anilines is 1. The number of nitrogens with zero attached hydrogens (tertiary/aromatic N) is 3. The lowest BCUT2D eigenvalue weighted by Crippen LogP contribution is -2.15. The average molecular weight is 372 g/mol. The van der Waals surface area contributed by atoms with Crippen LogP contribution >= 0.6 is 11.8 Å². The van der Waals surface area contributed by atoms with Crippen LogP contribution in [0.3, 0.4) is 0 Å². The van der Waals surface area contributed by atoms with Crippen LogP contribution in [-0.2, 0) is 11.8 Å². The van der Waals surface area contributed by atoms with E-state index in [9.17, 15) is 4.79 Å². The first-order chi connectivity index (χ1) is 12.5. The van der Waals surface area contributed by atoms with Crippen molar-refractivity contribution < 1.29 is 13.9 Å². The van der Waals surface area contributed by atoms with Crippen LogP contribution in [0.2, 0.25) is 0 Å². The topological polar surface area (TPSA) is 82.2 Å². The highest BCUT2D eigenvalue weighted by Gasteiger charge is 2.15. The van der Waals surface area contributed by atoms with E-state index in [1.807, 2.05) is 39.1 Å². The number of rotatable bonds is 6. The monoisotopic (exact) mass is 372 g/mol. The molecule has 0 unspecified atom stereocenters. The molecule has 0 saturated carbocycles. The summed E-state index contributed by atoms with van der Waals surface area (Å²) < 4.78 is 12.4. The molecule has 7 nitrogen and oxygen atoms in total. The molecule has 136 valence electrons. The lowest BCUT2D eigenvalue weighted by Gasteiger charge is -2.12. The van der Waals surface area contributed by atoms with Crippen LogP contribution in [0, 0.1) is 13.8 Å². The summed E-state index contributed by atoms with van der Waals surface area (Å²) in [5, 5.41) is 11.8. The van der Waals surface area contributed by atoms with Gasteiger partial charge in [-0.1, -0.05) is 11.8 Å². The minimum Gasteiger partial charge on any atom is -0.496 e. The van der Waals surface area contributed by atoms with Crippen LogP contribution < -0.4 is 10.1 Å². The Balaban J connectivity index is 1.64. The number of aryl methyl sites for hydroxylation is 2. The van der Waals surface area contributed by atoms with Gasteiger partial charge in [0.25, 0.3) is 0 Å². The summed E-state index contributed by atoms with van der Waals surface area (Å²) in [6.45, 7) is 3.88. The standard InChI is InChI=1S/C18H20N4O3S/c1-11-9-15(24-4)12(2)8-13(11)19-16(23)10-26-18-21-20-17(22(18)3)14-6-5-7-25-14/h5-9H,10H2,1-4H3,(H,19,23). The van der Waals surface area contributed by atoms with Gasteiger partial charge in [-0.2, -0.15) is 0 Å². The van der Waals surface area contributed by atoms with Gasteiger partial charge >= 0.3 is 0 Å². The first kappa shape index (κ1) is 18.1. The molecule has 1 amide bonds. The number of thioether (sulfide) groups is 1. The number of hydrogen-bond acceptors (Lipinski definition) is 6. The number of ether oxygens (including phenoxy) is 1. The van der Waals surface area contributed by atoms with E-state index in [1.165, 1.54) is 11.8 Å². The summed E-state index contributed by atoms with van der Waals surface area (Å²) in [7, 11) is 3.48. The summed E-state index contributed by atoms with van der Waals surface area (Å²) in [5.41, 5.74) is 2.70. The molecular weight excluding hydrogens is 352 g/mol. The molecule has 0 spiro atoms. The minimum absolute atomic E-state index is 0.106. The first-order valence-corrected chi connectivity index (χ1v) is 8.99. The Morgan fingerprint density at radius 3 is 2.81 bits per heavy atom. The van der Waals surface area contributed by atoms with Gasteiger partial charge in [-0.25, -0.2) is 0 Å². The summed E-state index contributed by atoms with van der Waals surface area (Å²) in [5.74, 6) is 2.19. The van der Waals surface area contributed by atoms with E-state index in [2.05, 4.69) is 15.5 Å². The second-order valence-electron chi connectivity index (χ2n) is 5.82. The predicted octanol–water partition coefficient (Wildman–Crippen LogP) is 3.43. The van der Waals surface area contributed by atoms with E-state index in [0.717, 1.165) is 22.6 Å². The third kappa shape index (κ3) is 3.75. The molecule has 0 aliphatic carbocycles. The van der Waals surface area contributed by atoms with Gasteiger partial charge in [0.1, 0.15) is 5.75 Å². The predicted molar refractivity (Wildman–Crippen MR) is 101 cm³/mol. The second-order valence-corrected chi connectivity index (χ2v) is 6.76. The van der Waals surface area contributed by atoms with Crippen LogP contribution in [0.5, 0.6) is 5.75 Å². The molecule has 0 aliphatic rings. The van der Waals surface area contributed by atoms with Crippen LogP contribution in [0.25, 0.3) is 11.6 Å². The molecule has 0 radical (unpaired) electrons. The Bertz CT molecular complexity index is 919. The zero-order chi connectivity index (χ0) is 18.7. The van der Waals surface area contributed by atoms with Crippen molar-refractivity contribution in [2.45, 2.75) is 19.0 Å². The maximum Gasteiger partial charge on any atom is 0.234 e. The van der Waals surface area contributed by atoms with Crippen molar-refractivity contribution in [2.24, 2.45) is 7.05 Å². The Labute approximate surface area is 155 Å².